The van der Waals surface area contributed by atoms with E-state index >= 15 is 0 Å². The Kier molecular flexibility index (Phi) is 5.73. The Morgan fingerprint density at radius 2 is 1.00 bits per heavy atom. The summed E-state index contributed by atoms with van der Waals surface area (Å²) in [5.41, 5.74) is 0. The van der Waals surface area contributed by atoms with Gasteiger partial charge in [-0.3, -0.25) is 13.7 Å². The molecule has 9 nitrogen and oxygen atoms in total. The van der Waals surface area contributed by atoms with Gasteiger partial charge in [-0.25, -0.2) is 0 Å². The van der Waals surface area contributed by atoms with Gasteiger partial charge in [0.1, 0.15) is 14.7 Å². The topological polar surface area (TPSA) is 163 Å². The third-order valence-electron chi connectivity index (χ3n) is 1.76. The van der Waals surface area contributed by atoms with E-state index in [1.54, 1.807) is 0 Å². The van der Waals surface area contributed by atoms with Crippen molar-refractivity contribution in [1.29, 1.82) is 0 Å². The molecule has 1 aromatic rings. The molecule has 1 rings (SSSR count). The van der Waals surface area contributed by atoms with Crippen LogP contribution < -0.4 is 0 Å². The molecule has 0 aromatic heterocycles. The molecule has 3 N–H and O–H groups in total. The SMILES string of the molecule is O=S(=O)(O)c1cccc(S(=O)(=O)O)c1S(=O)(=O)O.[Na]. The molecule has 0 amide bonds. The fourth-order valence-corrected chi connectivity index (χ4v) is 4.32. The molecule has 0 aliphatic heterocycles. The van der Waals surface area contributed by atoms with Crippen molar-refractivity contribution in [2.45, 2.75) is 14.7 Å². The molecule has 0 bridgehead atoms. The van der Waals surface area contributed by atoms with Gasteiger partial charge in [-0.2, -0.15) is 25.3 Å². The molecule has 0 aliphatic rings. The monoisotopic (exact) mass is 341 g/mol. The Hall–Kier alpha value is -0.0500. The van der Waals surface area contributed by atoms with Crippen LogP contribution in [0.25, 0.3) is 0 Å². The van der Waals surface area contributed by atoms with Crippen molar-refractivity contribution >= 4 is 59.9 Å². The molecule has 0 unspecified atom stereocenters. The van der Waals surface area contributed by atoms with E-state index in [0.717, 1.165) is 6.07 Å². The smallest absolute Gasteiger partial charge is 0.282 e. The van der Waals surface area contributed by atoms with Crippen LogP contribution in [0.4, 0.5) is 0 Å². The van der Waals surface area contributed by atoms with E-state index in [1.807, 2.05) is 0 Å². The maximum atomic E-state index is 11.0. The first-order valence-corrected chi connectivity index (χ1v) is 8.22. The van der Waals surface area contributed by atoms with Crippen molar-refractivity contribution in [3.05, 3.63) is 18.2 Å². The van der Waals surface area contributed by atoms with Gasteiger partial charge in [0.15, 0.2) is 0 Å². The zero-order valence-corrected chi connectivity index (χ0v) is 13.7. The number of rotatable bonds is 3. The third kappa shape index (κ3) is 4.47. The molecule has 103 valence electrons. The summed E-state index contributed by atoms with van der Waals surface area (Å²) in [4.78, 5) is -4.34. The molecule has 0 saturated carbocycles. The quantitative estimate of drug-likeness (QED) is 0.464. The van der Waals surface area contributed by atoms with E-state index in [4.69, 9.17) is 13.7 Å². The zero-order chi connectivity index (χ0) is 14.4. The summed E-state index contributed by atoms with van der Waals surface area (Å²) in [5, 5.41) is 0. The molecule has 0 fully saturated rings. The van der Waals surface area contributed by atoms with E-state index < -0.39 is 45.0 Å². The largest absolute Gasteiger partial charge is 0.297 e. The molecule has 0 aliphatic carbocycles. The van der Waals surface area contributed by atoms with E-state index in [9.17, 15) is 25.3 Å². The normalized spacial score (nSPS) is 12.8. The summed E-state index contributed by atoms with van der Waals surface area (Å²) in [6, 6.07) is 1.86. The predicted molar refractivity (Wildman–Crippen MR) is 61.6 cm³/mol. The summed E-state index contributed by atoms with van der Waals surface area (Å²) >= 11 is 0. The minimum atomic E-state index is -5.31. The Morgan fingerprint density at radius 3 is 1.21 bits per heavy atom. The number of hydrogen-bond acceptors (Lipinski definition) is 6. The van der Waals surface area contributed by atoms with Crippen molar-refractivity contribution in [1.82, 2.24) is 0 Å². The van der Waals surface area contributed by atoms with Crippen LogP contribution in [0.3, 0.4) is 0 Å². The Labute approximate surface area is 131 Å². The van der Waals surface area contributed by atoms with Crippen LogP contribution >= 0.6 is 0 Å². The summed E-state index contributed by atoms with van der Waals surface area (Å²) in [5.74, 6) is 0. The molecule has 0 saturated heterocycles. The molecule has 1 radical (unpaired) electrons. The third-order valence-corrected chi connectivity index (χ3v) is 4.76. The van der Waals surface area contributed by atoms with Crippen LogP contribution in [0, 0.1) is 0 Å². The van der Waals surface area contributed by atoms with Crippen LogP contribution in [0.1, 0.15) is 0 Å². The maximum absolute atomic E-state index is 11.0. The van der Waals surface area contributed by atoms with Gasteiger partial charge in [0.2, 0.25) is 0 Å². The molecular formula is C6H6NaO9S3. The van der Waals surface area contributed by atoms with Crippen molar-refractivity contribution in [3.8, 4) is 0 Å². The van der Waals surface area contributed by atoms with Crippen molar-refractivity contribution in [2.24, 2.45) is 0 Å². The van der Waals surface area contributed by atoms with Crippen LogP contribution in [0.15, 0.2) is 32.9 Å². The number of hydrogen-bond donors (Lipinski definition) is 3. The van der Waals surface area contributed by atoms with E-state index in [1.165, 1.54) is 0 Å². The summed E-state index contributed by atoms with van der Waals surface area (Å²) in [6.45, 7) is 0. The van der Waals surface area contributed by atoms with Crippen molar-refractivity contribution < 1.29 is 38.9 Å². The first-order chi connectivity index (χ1) is 7.85. The second kappa shape index (κ2) is 5.75. The summed E-state index contributed by atoms with van der Waals surface area (Å²) < 4.78 is 91.8. The minimum absolute atomic E-state index is 0. The average Bonchev–Trinajstić information content (AvgIpc) is 2.12. The molecule has 0 spiro atoms. The number of benzene rings is 1. The fourth-order valence-electron chi connectivity index (χ4n) is 1.16. The predicted octanol–water partition coefficient (Wildman–Crippen LogP) is -0.954. The van der Waals surface area contributed by atoms with Crippen LogP contribution in [0.5, 0.6) is 0 Å². The summed E-state index contributed by atoms with van der Waals surface area (Å²) in [7, 11) is -15.5. The first-order valence-electron chi connectivity index (χ1n) is 3.90. The van der Waals surface area contributed by atoms with E-state index in [-0.39, 0.29) is 29.6 Å². The molecule has 1 aromatic carbocycles. The van der Waals surface area contributed by atoms with Gasteiger partial charge in [0.05, 0.1) is 0 Å². The van der Waals surface area contributed by atoms with Crippen LogP contribution in [-0.2, 0) is 30.4 Å². The van der Waals surface area contributed by atoms with Gasteiger partial charge in [-0.1, -0.05) is 6.07 Å². The maximum Gasteiger partial charge on any atom is 0.297 e. The Bertz CT molecular complexity index is 740. The van der Waals surface area contributed by atoms with Gasteiger partial charge >= 0.3 is 0 Å². The molecule has 0 atom stereocenters. The van der Waals surface area contributed by atoms with Crippen LogP contribution in [0.2, 0.25) is 0 Å². The average molecular weight is 341 g/mol. The second-order valence-electron chi connectivity index (χ2n) is 3.01. The van der Waals surface area contributed by atoms with E-state index in [0.29, 0.717) is 12.1 Å². The van der Waals surface area contributed by atoms with Gasteiger partial charge in [0, 0.05) is 29.6 Å². The molecule has 0 heterocycles. The van der Waals surface area contributed by atoms with Gasteiger partial charge < -0.3 is 0 Å². The summed E-state index contributed by atoms with van der Waals surface area (Å²) in [6.07, 6.45) is 0. The van der Waals surface area contributed by atoms with Crippen molar-refractivity contribution in [3.63, 3.8) is 0 Å². The fraction of sp³-hybridized carbons (Fsp3) is 0. The Balaban J connectivity index is 0.00000324. The minimum Gasteiger partial charge on any atom is -0.282 e. The van der Waals surface area contributed by atoms with Gasteiger partial charge in [-0.15, -0.1) is 0 Å². The zero-order valence-electron chi connectivity index (χ0n) is 9.25. The van der Waals surface area contributed by atoms with Gasteiger partial charge in [0.25, 0.3) is 30.4 Å². The molecule has 19 heavy (non-hydrogen) atoms. The van der Waals surface area contributed by atoms with Crippen LogP contribution in [-0.4, -0.2) is 68.5 Å². The standard InChI is InChI=1S/C6H6O9S3.Na/c7-16(8,9)4-2-1-3-5(17(10,11)12)6(4)18(13,14)15;/h1-3H,(H,7,8,9)(H,10,11,12)(H,13,14,15);. The van der Waals surface area contributed by atoms with Gasteiger partial charge in [-0.05, 0) is 12.1 Å². The molecular weight excluding hydrogens is 335 g/mol. The Morgan fingerprint density at radius 1 is 0.684 bits per heavy atom. The second-order valence-corrected chi connectivity index (χ2v) is 7.15. The molecule has 13 heteroatoms. The van der Waals surface area contributed by atoms with Crippen molar-refractivity contribution in [2.75, 3.05) is 0 Å². The first kappa shape index (κ1) is 18.9. The van der Waals surface area contributed by atoms with E-state index in [2.05, 4.69) is 0 Å².